The monoisotopic (exact) mass is 387 g/mol. The summed E-state index contributed by atoms with van der Waals surface area (Å²) in [6.45, 7) is 9.35. The Morgan fingerprint density at radius 3 is 2.46 bits per heavy atom. The van der Waals surface area contributed by atoms with Gasteiger partial charge in [-0.2, -0.15) is 0 Å². The fourth-order valence-corrected chi connectivity index (χ4v) is 3.10. The molecule has 0 fully saturated rings. The van der Waals surface area contributed by atoms with Gasteiger partial charge in [0, 0.05) is 12.2 Å². The number of allylic oxidation sites excluding steroid dienone is 1. The van der Waals surface area contributed by atoms with Crippen LogP contribution in [0.5, 0.6) is 11.5 Å². The number of rotatable bonds is 9. The summed E-state index contributed by atoms with van der Waals surface area (Å²) in [5, 5.41) is 0. The lowest BCUT2D eigenvalue weighted by atomic mass is 10.0. The molecule has 0 unspecified atom stereocenters. The van der Waals surface area contributed by atoms with Gasteiger partial charge in [-0.3, -0.25) is 4.79 Å². The molecule has 1 aliphatic rings. The van der Waals surface area contributed by atoms with E-state index in [1.807, 2.05) is 39.0 Å². The van der Waals surface area contributed by atoms with E-state index in [1.54, 1.807) is 17.9 Å². The molecule has 28 heavy (non-hydrogen) atoms. The number of esters is 1. The van der Waals surface area contributed by atoms with Gasteiger partial charge in [-0.15, -0.1) is 0 Å². The molecule has 0 saturated carbocycles. The summed E-state index contributed by atoms with van der Waals surface area (Å²) in [5.74, 6) is 0.574. The highest BCUT2D eigenvalue weighted by Gasteiger charge is 2.36. The van der Waals surface area contributed by atoms with Crippen LogP contribution < -0.4 is 9.47 Å². The molecule has 152 valence electrons. The van der Waals surface area contributed by atoms with Crippen molar-refractivity contribution in [3.8, 4) is 11.5 Å². The van der Waals surface area contributed by atoms with Gasteiger partial charge in [-0.25, -0.2) is 4.79 Å². The molecule has 0 radical (unpaired) electrons. The first-order valence-electron chi connectivity index (χ1n) is 9.71. The molecule has 1 heterocycles. The SMILES string of the molecule is CCCOc1ccc(/C=C2\C(=O)N(CCC)C(C)=C2C(=O)OC)cc1OCC. The molecule has 0 aliphatic carbocycles. The van der Waals surface area contributed by atoms with Gasteiger partial charge in [-0.05, 0) is 50.5 Å². The van der Waals surface area contributed by atoms with Crippen molar-refractivity contribution in [3.63, 3.8) is 0 Å². The molecule has 0 atom stereocenters. The Balaban J connectivity index is 2.47. The molecular weight excluding hydrogens is 358 g/mol. The van der Waals surface area contributed by atoms with E-state index in [1.165, 1.54) is 7.11 Å². The number of ether oxygens (including phenoxy) is 3. The van der Waals surface area contributed by atoms with Gasteiger partial charge < -0.3 is 19.1 Å². The second-order valence-corrected chi connectivity index (χ2v) is 6.45. The van der Waals surface area contributed by atoms with Crippen molar-refractivity contribution in [1.29, 1.82) is 0 Å². The van der Waals surface area contributed by atoms with E-state index in [4.69, 9.17) is 14.2 Å². The number of nitrogens with zero attached hydrogens (tertiary/aromatic N) is 1. The van der Waals surface area contributed by atoms with Crippen LogP contribution in [0, 0.1) is 0 Å². The van der Waals surface area contributed by atoms with Gasteiger partial charge in [0.05, 0.1) is 31.5 Å². The van der Waals surface area contributed by atoms with Gasteiger partial charge in [0.25, 0.3) is 5.91 Å². The Bertz CT molecular complexity index is 794. The third-order valence-electron chi connectivity index (χ3n) is 4.39. The average molecular weight is 387 g/mol. The molecule has 1 aromatic carbocycles. The second kappa shape index (κ2) is 9.97. The average Bonchev–Trinajstić information content (AvgIpc) is 2.91. The summed E-state index contributed by atoms with van der Waals surface area (Å²) in [6, 6.07) is 5.49. The number of hydrogen-bond donors (Lipinski definition) is 0. The molecular formula is C22H29NO5. The van der Waals surface area contributed by atoms with Crippen LogP contribution in [-0.4, -0.2) is 43.6 Å². The Labute approximate surface area is 166 Å². The summed E-state index contributed by atoms with van der Waals surface area (Å²) in [4.78, 5) is 26.9. The van der Waals surface area contributed by atoms with E-state index in [0.29, 0.717) is 48.1 Å². The number of carbonyl (C=O) groups excluding carboxylic acids is 2. The molecule has 0 saturated heterocycles. The molecule has 0 bridgehead atoms. The molecule has 0 spiro atoms. The zero-order chi connectivity index (χ0) is 20.7. The van der Waals surface area contributed by atoms with E-state index >= 15 is 0 Å². The van der Waals surface area contributed by atoms with Crippen molar-refractivity contribution in [2.45, 2.75) is 40.5 Å². The van der Waals surface area contributed by atoms with Crippen LogP contribution in [0.25, 0.3) is 6.08 Å². The number of hydrogen-bond acceptors (Lipinski definition) is 5. The van der Waals surface area contributed by atoms with Crippen molar-refractivity contribution in [1.82, 2.24) is 4.90 Å². The number of benzene rings is 1. The van der Waals surface area contributed by atoms with Crippen molar-refractivity contribution in [2.24, 2.45) is 0 Å². The lowest BCUT2D eigenvalue weighted by molar-refractivity contribution is -0.136. The summed E-state index contributed by atoms with van der Waals surface area (Å²) in [6.07, 6.45) is 3.40. The fourth-order valence-electron chi connectivity index (χ4n) is 3.10. The van der Waals surface area contributed by atoms with E-state index < -0.39 is 5.97 Å². The van der Waals surface area contributed by atoms with Crippen LogP contribution in [0.2, 0.25) is 0 Å². The molecule has 0 aromatic heterocycles. The topological polar surface area (TPSA) is 65.1 Å². The van der Waals surface area contributed by atoms with E-state index in [9.17, 15) is 9.59 Å². The summed E-state index contributed by atoms with van der Waals surface area (Å²) in [7, 11) is 1.32. The predicted octanol–water partition coefficient (Wildman–Crippen LogP) is 3.96. The maximum absolute atomic E-state index is 12.9. The highest BCUT2D eigenvalue weighted by Crippen LogP contribution is 2.34. The quantitative estimate of drug-likeness (QED) is 0.474. The molecule has 1 aliphatic heterocycles. The summed E-state index contributed by atoms with van der Waals surface area (Å²) < 4.78 is 16.3. The number of carbonyl (C=O) groups is 2. The predicted molar refractivity (Wildman–Crippen MR) is 108 cm³/mol. The number of amides is 1. The Morgan fingerprint density at radius 2 is 1.86 bits per heavy atom. The lowest BCUT2D eigenvalue weighted by Crippen LogP contribution is -2.25. The third-order valence-corrected chi connectivity index (χ3v) is 4.39. The smallest absolute Gasteiger partial charge is 0.340 e. The standard InChI is InChI=1S/C22H29NO5/c1-6-11-23-15(4)20(22(25)26-5)17(21(23)24)13-16-9-10-18(28-12-7-2)19(14-16)27-8-3/h9-10,13-14H,6-8,11-12H2,1-5H3/b17-13-. The minimum absolute atomic E-state index is 0.191. The highest BCUT2D eigenvalue weighted by atomic mass is 16.5. The van der Waals surface area contributed by atoms with Gasteiger partial charge in [0.2, 0.25) is 0 Å². The van der Waals surface area contributed by atoms with Crippen LogP contribution in [0.3, 0.4) is 0 Å². The van der Waals surface area contributed by atoms with Crippen molar-refractivity contribution < 1.29 is 23.8 Å². The first-order chi connectivity index (χ1) is 13.5. The minimum atomic E-state index is -0.511. The number of methoxy groups -OCH3 is 1. The fraction of sp³-hybridized carbons (Fsp3) is 0.455. The van der Waals surface area contributed by atoms with Crippen molar-refractivity contribution in [3.05, 3.63) is 40.6 Å². The minimum Gasteiger partial charge on any atom is -0.490 e. The molecule has 6 nitrogen and oxygen atoms in total. The molecule has 1 aromatic rings. The maximum atomic E-state index is 12.9. The van der Waals surface area contributed by atoms with Crippen LogP contribution in [-0.2, 0) is 14.3 Å². The van der Waals surface area contributed by atoms with Crippen LogP contribution in [0.15, 0.2) is 35.0 Å². The van der Waals surface area contributed by atoms with Crippen LogP contribution >= 0.6 is 0 Å². The first-order valence-corrected chi connectivity index (χ1v) is 9.71. The normalized spacial score (nSPS) is 15.4. The molecule has 0 N–H and O–H groups in total. The zero-order valence-corrected chi connectivity index (χ0v) is 17.3. The van der Waals surface area contributed by atoms with Crippen molar-refractivity contribution >= 4 is 18.0 Å². The van der Waals surface area contributed by atoms with Crippen LogP contribution in [0.1, 0.15) is 46.1 Å². The molecule has 2 rings (SSSR count). The Kier molecular flexibility index (Phi) is 7.67. The first kappa shape index (κ1) is 21.5. The summed E-state index contributed by atoms with van der Waals surface area (Å²) in [5.41, 5.74) is 2.02. The largest absolute Gasteiger partial charge is 0.490 e. The van der Waals surface area contributed by atoms with Crippen molar-refractivity contribution in [2.75, 3.05) is 26.9 Å². The third kappa shape index (κ3) is 4.55. The molecule has 6 heteroatoms. The molecule has 1 amide bonds. The van der Waals surface area contributed by atoms with Gasteiger partial charge in [0.15, 0.2) is 11.5 Å². The van der Waals surface area contributed by atoms with E-state index in [2.05, 4.69) is 0 Å². The van der Waals surface area contributed by atoms with E-state index in [-0.39, 0.29) is 5.91 Å². The summed E-state index contributed by atoms with van der Waals surface area (Å²) >= 11 is 0. The highest BCUT2D eigenvalue weighted by molar-refractivity contribution is 6.16. The van der Waals surface area contributed by atoms with Gasteiger partial charge >= 0.3 is 5.97 Å². The lowest BCUT2D eigenvalue weighted by Gasteiger charge is -2.16. The Hall–Kier alpha value is -2.76. The van der Waals surface area contributed by atoms with Gasteiger partial charge in [-0.1, -0.05) is 19.9 Å². The second-order valence-electron chi connectivity index (χ2n) is 6.45. The maximum Gasteiger partial charge on any atom is 0.340 e. The van der Waals surface area contributed by atoms with E-state index in [0.717, 1.165) is 18.4 Å². The van der Waals surface area contributed by atoms with Crippen LogP contribution in [0.4, 0.5) is 0 Å². The zero-order valence-electron chi connectivity index (χ0n) is 17.3. The van der Waals surface area contributed by atoms with Gasteiger partial charge in [0.1, 0.15) is 0 Å². The Morgan fingerprint density at radius 1 is 1.11 bits per heavy atom.